The zero-order chi connectivity index (χ0) is 25.8. The van der Waals surface area contributed by atoms with Gasteiger partial charge in [0.25, 0.3) is 11.1 Å². The molecular weight excluding hydrogens is 632 g/mol. The maximum absolute atomic E-state index is 12.9. The molecule has 10 heteroatoms. The highest BCUT2D eigenvalue weighted by molar-refractivity contribution is 9.11. The molecule has 1 fully saturated rings. The van der Waals surface area contributed by atoms with Crippen molar-refractivity contribution in [2.45, 2.75) is 13.5 Å². The third kappa shape index (κ3) is 6.39. The summed E-state index contributed by atoms with van der Waals surface area (Å²) in [5.74, 6) is -0.392. The smallest absolute Gasteiger partial charge is 0.294 e. The zero-order valence-corrected chi connectivity index (χ0v) is 23.6. The van der Waals surface area contributed by atoms with Crippen LogP contribution in [0.4, 0.5) is 10.5 Å². The lowest BCUT2D eigenvalue weighted by Crippen LogP contribution is -2.36. The number of nitrogens with one attached hydrogen (secondary N) is 1. The van der Waals surface area contributed by atoms with Crippen molar-refractivity contribution in [3.8, 4) is 5.75 Å². The summed E-state index contributed by atoms with van der Waals surface area (Å²) >= 11 is 14.0. The Hall–Kier alpha value is -2.59. The van der Waals surface area contributed by atoms with Gasteiger partial charge in [0.15, 0.2) is 0 Å². The van der Waals surface area contributed by atoms with Gasteiger partial charge in [0, 0.05) is 16.3 Å². The molecule has 1 heterocycles. The molecule has 0 unspecified atom stereocenters. The van der Waals surface area contributed by atoms with E-state index in [1.807, 2.05) is 37.3 Å². The second kappa shape index (κ2) is 11.6. The van der Waals surface area contributed by atoms with E-state index >= 15 is 0 Å². The van der Waals surface area contributed by atoms with E-state index < -0.39 is 17.1 Å². The van der Waals surface area contributed by atoms with Gasteiger partial charge in [-0.15, -0.1) is 0 Å². The molecule has 0 bridgehead atoms. The SMILES string of the molecule is Cc1ccc(NC(=O)CN2C(=O)S/C(=C/c3cc(Br)c(OCc4ccccc4Cl)c(Br)c3)C2=O)cc1. The average Bonchev–Trinajstić information content (AvgIpc) is 3.08. The minimum absolute atomic E-state index is 0.228. The molecule has 0 spiro atoms. The summed E-state index contributed by atoms with van der Waals surface area (Å²) in [4.78, 5) is 38.9. The van der Waals surface area contributed by atoms with Gasteiger partial charge in [0.05, 0.1) is 13.9 Å². The van der Waals surface area contributed by atoms with Gasteiger partial charge in [-0.3, -0.25) is 19.3 Å². The van der Waals surface area contributed by atoms with Crippen molar-refractivity contribution in [1.82, 2.24) is 4.90 Å². The predicted molar refractivity (Wildman–Crippen MR) is 150 cm³/mol. The van der Waals surface area contributed by atoms with Crippen LogP contribution in [0.2, 0.25) is 5.02 Å². The number of halogens is 3. The second-order valence-corrected chi connectivity index (χ2v) is 11.0. The summed E-state index contributed by atoms with van der Waals surface area (Å²) in [6.45, 7) is 1.86. The molecule has 1 saturated heterocycles. The van der Waals surface area contributed by atoms with Gasteiger partial charge in [0.1, 0.15) is 18.9 Å². The number of rotatable bonds is 7. The van der Waals surface area contributed by atoms with Crippen molar-refractivity contribution in [1.29, 1.82) is 0 Å². The fourth-order valence-corrected chi connectivity index (χ4v) is 5.81. The van der Waals surface area contributed by atoms with E-state index in [4.69, 9.17) is 16.3 Å². The van der Waals surface area contributed by atoms with E-state index in [0.29, 0.717) is 31.0 Å². The quantitative estimate of drug-likeness (QED) is 0.269. The Morgan fingerprint density at radius 3 is 2.42 bits per heavy atom. The van der Waals surface area contributed by atoms with Gasteiger partial charge in [-0.1, -0.05) is 47.5 Å². The minimum Gasteiger partial charge on any atom is -0.486 e. The Labute approximate surface area is 234 Å². The molecule has 0 saturated carbocycles. The van der Waals surface area contributed by atoms with E-state index in [-0.39, 0.29) is 18.1 Å². The molecule has 1 aliphatic rings. The van der Waals surface area contributed by atoms with Crippen LogP contribution in [0.1, 0.15) is 16.7 Å². The Balaban J connectivity index is 1.44. The number of amides is 3. The van der Waals surface area contributed by atoms with E-state index in [1.165, 1.54) is 0 Å². The number of imide groups is 1. The van der Waals surface area contributed by atoms with Crippen molar-refractivity contribution in [3.05, 3.63) is 96.2 Å². The van der Waals surface area contributed by atoms with E-state index in [1.54, 1.807) is 36.4 Å². The first-order valence-electron chi connectivity index (χ1n) is 10.7. The summed E-state index contributed by atoms with van der Waals surface area (Å²) < 4.78 is 7.25. The van der Waals surface area contributed by atoms with Gasteiger partial charge in [0.2, 0.25) is 5.91 Å². The van der Waals surface area contributed by atoms with E-state index in [9.17, 15) is 14.4 Å². The van der Waals surface area contributed by atoms with Crippen LogP contribution in [0.25, 0.3) is 6.08 Å². The average molecular weight is 651 g/mol. The number of ether oxygens (including phenoxy) is 1. The lowest BCUT2D eigenvalue weighted by Gasteiger charge is -2.13. The Morgan fingerprint density at radius 2 is 1.75 bits per heavy atom. The number of hydrogen-bond donors (Lipinski definition) is 1. The fraction of sp³-hybridized carbons (Fsp3) is 0.115. The summed E-state index contributed by atoms with van der Waals surface area (Å²) in [7, 11) is 0. The molecule has 184 valence electrons. The minimum atomic E-state index is -0.518. The molecule has 3 aromatic carbocycles. The highest BCUT2D eigenvalue weighted by Gasteiger charge is 2.36. The number of nitrogens with zero attached hydrogens (tertiary/aromatic N) is 1. The number of aryl methyl sites for hydroxylation is 1. The standard InChI is InChI=1S/C26H19Br2ClN2O4S/c1-15-6-8-18(9-7-15)30-23(32)13-31-25(33)22(36-26(31)34)12-16-10-19(27)24(20(28)11-16)35-14-17-4-2-3-5-21(17)29/h2-12H,13-14H2,1H3,(H,30,32)/b22-12+. The van der Waals surface area contributed by atoms with Crippen LogP contribution in [0.5, 0.6) is 5.75 Å². The van der Waals surface area contributed by atoms with E-state index in [0.717, 1.165) is 27.8 Å². The summed E-state index contributed by atoms with van der Waals surface area (Å²) in [5, 5.41) is 2.82. The maximum atomic E-state index is 12.9. The van der Waals surface area contributed by atoms with Gasteiger partial charge in [-0.25, -0.2) is 0 Å². The van der Waals surface area contributed by atoms with Crippen LogP contribution < -0.4 is 10.1 Å². The molecular formula is C26H19Br2ClN2O4S. The van der Waals surface area contributed by atoms with Crippen LogP contribution in [0, 0.1) is 6.92 Å². The Morgan fingerprint density at radius 1 is 1.08 bits per heavy atom. The van der Waals surface area contributed by atoms with Crippen LogP contribution >= 0.6 is 55.2 Å². The number of carbonyl (C=O) groups excluding carboxylic acids is 3. The molecule has 0 atom stereocenters. The maximum Gasteiger partial charge on any atom is 0.294 e. The Kier molecular flexibility index (Phi) is 8.56. The second-order valence-electron chi connectivity index (χ2n) is 7.88. The van der Waals surface area contributed by atoms with Gasteiger partial charge >= 0.3 is 0 Å². The first-order valence-corrected chi connectivity index (χ1v) is 13.5. The lowest BCUT2D eigenvalue weighted by molar-refractivity contribution is -0.127. The number of thioether (sulfide) groups is 1. The third-order valence-corrected chi connectivity index (χ3v) is 7.61. The molecule has 0 aromatic heterocycles. The monoisotopic (exact) mass is 648 g/mol. The van der Waals surface area contributed by atoms with E-state index in [2.05, 4.69) is 37.2 Å². The van der Waals surface area contributed by atoms with Crippen molar-refractivity contribution in [3.63, 3.8) is 0 Å². The van der Waals surface area contributed by atoms with Crippen LogP contribution in [-0.2, 0) is 16.2 Å². The highest BCUT2D eigenvalue weighted by Crippen LogP contribution is 2.38. The largest absolute Gasteiger partial charge is 0.486 e. The van der Waals surface area contributed by atoms with Gasteiger partial charge in [-0.05, 0) is 92.5 Å². The molecule has 1 aliphatic heterocycles. The molecule has 0 aliphatic carbocycles. The van der Waals surface area contributed by atoms with Crippen LogP contribution in [0.3, 0.4) is 0 Å². The van der Waals surface area contributed by atoms with Crippen molar-refractivity contribution in [2.24, 2.45) is 0 Å². The number of anilines is 1. The van der Waals surface area contributed by atoms with Crippen LogP contribution in [0.15, 0.2) is 74.5 Å². The molecule has 6 nitrogen and oxygen atoms in total. The summed E-state index contributed by atoms with van der Waals surface area (Å²) in [5.41, 5.74) is 3.18. The van der Waals surface area contributed by atoms with Crippen LogP contribution in [-0.4, -0.2) is 28.5 Å². The highest BCUT2D eigenvalue weighted by atomic mass is 79.9. The van der Waals surface area contributed by atoms with Gasteiger partial charge in [-0.2, -0.15) is 0 Å². The van der Waals surface area contributed by atoms with Crippen molar-refractivity contribution >= 4 is 84.0 Å². The summed E-state index contributed by atoms with van der Waals surface area (Å²) in [6.07, 6.45) is 1.61. The lowest BCUT2D eigenvalue weighted by atomic mass is 10.2. The number of hydrogen-bond acceptors (Lipinski definition) is 5. The number of benzene rings is 3. The first-order chi connectivity index (χ1) is 17.2. The fourth-order valence-electron chi connectivity index (χ4n) is 3.33. The van der Waals surface area contributed by atoms with Gasteiger partial charge < -0.3 is 10.1 Å². The Bertz CT molecular complexity index is 1360. The molecule has 36 heavy (non-hydrogen) atoms. The van der Waals surface area contributed by atoms with Crippen molar-refractivity contribution in [2.75, 3.05) is 11.9 Å². The molecule has 3 aromatic rings. The zero-order valence-electron chi connectivity index (χ0n) is 18.9. The first kappa shape index (κ1) is 26.5. The van der Waals surface area contributed by atoms with Crippen molar-refractivity contribution < 1.29 is 19.1 Å². The third-order valence-electron chi connectivity index (χ3n) is 5.16. The normalized spacial score (nSPS) is 14.4. The molecule has 0 radical (unpaired) electrons. The molecule has 4 rings (SSSR count). The topological polar surface area (TPSA) is 75.7 Å². The molecule has 3 amide bonds. The molecule has 1 N–H and O–H groups in total. The number of carbonyl (C=O) groups is 3. The predicted octanol–water partition coefficient (Wildman–Crippen LogP) is 7.43. The summed E-state index contributed by atoms with van der Waals surface area (Å²) in [6, 6.07) is 18.2.